The van der Waals surface area contributed by atoms with Crippen LogP contribution in [-0.2, 0) is 9.68 Å². The summed E-state index contributed by atoms with van der Waals surface area (Å²) < 4.78 is 0. The van der Waals surface area contributed by atoms with Crippen LogP contribution in [0.2, 0.25) is 0 Å². The lowest BCUT2D eigenvalue weighted by molar-refractivity contribution is -0.230. The number of hydrogen-bond donors (Lipinski definition) is 1. The maximum atomic E-state index is 10.6. The molecule has 0 fully saturated rings. The molecule has 0 bridgehead atoms. The van der Waals surface area contributed by atoms with Crippen LogP contribution in [0.1, 0.15) is 20.8 Å². The van der Waals surface area contributed by atoms with Crippen LogP contribution in [0.5, 0.6) is 0 Å². The smallest absolute Gasteiger partial charge is 0.296 e. The Morgan fingerprint density at radius 3 is 2.00 bits per heavy atom. The average Bonchev–Trinajstić information content (AvgIpc) is 1.83. The second kappa shape index (κ2) is 2.84. The Balaban J connectivity index is 4.24. The van der Waals surface area contributed by atoms with E-state index in [1.54, 1.807) is 0 Å². The molecule has 0 radical (unpaired) electrons. The molecule has 0 atom stereocenters. The maximum Gasteiger partial charge on any atom is 0.368 e. The van der Waals surface area contributed by atoms with Crippen LogP contribution in [-0.4, -0.2) is 11.2 Å². The Morgan fingerprint density at radius 1 is 1.50 bits per heavy atom. The highest BCUT2D eigenvalue weighted by atomic mass is 17.1. The lowest BCUT2D eigenvalue weighted by atomic mass is 9.88. The summed E-state index contributed by atoms with van der Waals surface area (Å²) in [6.45, 7) is 8.90. The van der Waals surface area contributed by atoms with E-state index in [4.69, 9.17) is 5.26 Å². The number of hydrogen-bond acceptors (Lipinski definition) is 3. The molecule has 0 aromatic carbocycles. The van der Waals surface area contributed by atoms with Gasteiger partial charge in [-0.3, -0.25) is 4.89 Å². The zero-order valence-corrected chi connectivity index (χ0v) is 6.47. The fraction of sp³-hybridized carbons (Fsp3) is 0.571. The molecule has 10 heavy (non-hydrogen) atoms. The Labute approximate surface area is 60.2 Å². The van der Waals surface area contributed by atoms with Crippen LogP contribution in [0, 0.1) is 5.41 Å². The molecule has 0 aliphatic carbocycles. The minimum atomic E-state index is -0.771. The summed E-state index contributed by atoms with van der Waals surface area (Å²) in [4.78, 5) is 14.1. The highest BCUT2D eigenvalue weighted by Gasteiger charge is 2.22. The van der Waals surface area contributed by atoms with Crippen molar-refractivity contribution in [2.75, 3.05) is 0 Å². The highest BCUT2D eigenvalue weighted by Crippen LogP contribution is 2.23. The average molecular weight is 144 g/mol. The van der Waals surface area contributed by atoms with Gasteiger partial charge in [0, 0.05) is 5.57 Å². The molecule has 1 N–H and O–H groups in total. The van der Waals surface area contributed by atoms with Crippen LogP contribution in [0.15, 0.2) is 12.2 Å². The zero-order valence-electron chi connectivity index (χ0n) is 6.47. The summed E-state index contributed by atoms with van der Waals surface area (Å²) in [6.07, 6.45) is 0. The van der Waals surface area contributed by atoms with Crippen LogP contribution < -0.4 is 0 Å². The van der Waals surface area contributed by atoms with Crippen molar-refractivity contribution in [1.82, 2.24) is 0 Å². The van der Waals surface area contributed by atoms with E-state index in [2.05, 4.69) is 11.5 Å². The predicted molar refractivity (Wildman–Crippen MR) is 37.3 cm³/mol. The summed E-state index contributed by atoms with van der Waals surface area (Å²) in [5.41, 5.74) is -0.0881. The van der Waals surface area contributed by atoms with E-state index in [0.717, 1.165) is 0 Å². The normalized spacial score (nSPS) is 10.8. The molecule has 0 aromatic heterocycles. The fourth-order valence-electron chi connectivity index (χ4n) is 0.361. The first kappa shape index (κ1) is 9.17. The van der Waals surface area contributed by atoms with Crippen molar-refractivity contribution in [2.24, 2.45) is 5.41 Å². The summed E-state index contributed by atoms with van der Waals surface area (Å²) in [7, 11) is 0. The predicted octanol–water partition coefficient (Wildman–Crippen LogP) is 1.60. The summed E-state index contributed by atoms with van der Waals surface area (Å²) >= 11 is 0. The second-order valence-electron chi connectivity index (χ2n) is 3.11. The SMILES string of the molecule is C=C(C(=O)OO)C(C)(C)C. The van der Waals surface area contributed by atoms with Gasteiger partial charge in [-0.05, 0) is 5.41 Å². The molecule has 3 nitrogen and oxygen atoms in total. The summed E-state index contributed by atoms with van der Waals surface area (Å²) in [5, 5.41) is 7.96. The minimum absolute atomic E-state index is 0.259. The lowest BCUT2D eigenvalue weighted by Crippen LogP contribution is -2.17. The van der Waals surface area contributed by atoms with Crippen molar-refractivity contribution in [1.29, 1.82) is 0 Å². The Hall–Kier alpha value is -0.830. The van der Waals surface area contributed by atoms with Crippen molar-refractivity contribution in [3.05, 3.63) is 12.2 Å². The molecular formula is C7H12O3. The standard InChI is InChI=1S/C7H12O3/c1-5(6(8)10-9)7(2,3)4/h9H,1H2,2-4H3. The lowest BCUT2D eigenvalue weighted by Gasteiger charge is -2.17. The number of rotatable bonds is 1. The quantitative estimate of drug-likeness (QED) is 0.345. The van der Waals surface area contributed by atoms with E-state index in [0.29, 0.717) is 0 Å². The van der Waals surface area contributed by atoms with E-state index in [-0.39, 0.29) is 11.0 Å². The topological polar surface area (TPSA) is 46.5 Å². The first-order chi connectivity index (χ1) is 4.39. The van der Waals surface area contributed by atoms with Gasteiger partial charge in [0.05, 0.1) is 0 Å². The van der Waals surface area contributed by atoms with Crippen LogP contribution >= 0.6 is 0 Å². The molecule has 0 amide bonds. The van der Waals surface area contributed by atoms with Crippen molar-refractivity contribution in [2.45, 2.75) is 20.8 Å². The van der Waals surface area contributed by atoms with Crippen LogP contribution in [0.3, 0.4) is 0 Å². The van der Waals surface area contributed by atoms with Gasteiger partial charge in [0.1, 0.15) is 0 Å². The molecule has 0 saturated carbocycles. The zero-order chi connectivity index (χ0) is 8.36. The first-order valence-electron chi connectivity index (χ1n) is 2.94. The van der Waals surface area contributed by atoms with Gasteiger partial charge in [0.25, 0.3) is 0 Å². The molecule has 58 valence electrons. The van der Waals surface area contributed by atoms with Crippen molar-refractivity contribution in [3.8, 4) is 0 Å². The summed E-state index contributed by atoms with van der Waals surface area (Å²) in [5.74, 6) is -0.771. The third kappa shape index (κ3) is 2.19. The Bertz CT molecular complexity index is 153. The molecule has 0 heterocycles. The molecular weight excluding hydrogens is 132 g/mol. The fourth-order valence-corrected chi connectivity index (χ4v) is 0.361. The molecule has 0 aliphatic heterocycles. The number of carbonyl (C=O) groups is 1. The molecule has 3 heteroatoms. The third-order valence-corrected chi connectivity index (χ3v) is 1.23. The van der Waals surface area contributed by atoms with E-state index in [1.807, 2.05) is 20.8 Å². The molecule has 0 rings (SSSR count). The van der Waals surface area contributed by atoms with Crippen molar-refractivity contribution < 1.29 is 14.9 Å². The molecule has 0 spiro atoms. The molecule has 0 unspecified atom stereocenters. The second-order valence-corrected chi connectivity index (χ2v) is 3.11. The van der Waals surface area contributed by atoms with Gasteiger partial charge >= 0.3 is 5.97 Å². The maximum absolute atomic E-state index is 10.6. The Morgan fingerprint density at radius 2 is 1.90 bits per heavy atom. The highest BCUT2D eigenvalue weighted by molar-refractivity contribution is 5.88. The number of carbonyl (C=O) groups excluding carboxylic acids is 1. The summed E-state index contributed by atoms with van der Waals surface area (Å²) in [6, 6.07) is 0. The van der Waals surface area contributed by atoms with Crippen molar-refractivity contribution >= 4 is 5.97 Å². The third-order valence-electron chi connectivity index (χ3n) is 1.23. The van der Waals surface area contributed by atoms with Crippen LogP contribution in [0.25, 0.3) is 0 Å². The van der Waals surface area contributed by atoms with Gasteiger partial charge in [0.2, 0.25) is 0 Å². The van der Waals surface area contributed by atoms with E-state index < -0.39 is 5.97 Å². The monoisotopic (exact) mass is 144 g/mol. The van der Waals surface area contributed by atoms with Gasteiger partial charge in [-0.1, -0.05) is 27.4 Å². The minimum Gasteiger partial charge on any atom is -0.296 e. The molecule has 0 saturated heterocycles. The van der Waals surface area contributed by atoms with Gasteiger partial charge in [-0.25, -0.2) is 4.79 Å². The first-order valence-corrected chi connectivity index (χ1v) is 2.94. The van der Waals surface area contributed by atoms with E-state index >= 15 is 0 Å². The molecule has 0 aliphatic rings. The van der Waals surface area contributed by atoms with Gasteiger partial charge in [0.15, 0.2) is 0 Å². The Kier molecular flexibility index (Phi) is 2.60. The molecule has 0 aromatic rings. The van der Waals surface area contributed by atoms with Crippen molar-refractivity contribution in [3.63, 3.8) is 0 Å². The van der Waals surface area contributed by atoms with E-state index in [9.17, 15) is 4.79 Å². The van der Waals surface area contributed by atoms with E-state index in [1.165, 1.54) is 0 Å². The van der Waals surface area contributed by atoms with Gasteiger partial charge in [-0.15, -0.1) is 0 Å². The van der Waals surface area contributed by atoms with Gasteiger partial charge < -0.3 is 0 Å². The van der Waals surface area contributed by atoms with Gasteiger partial charge in [-0.2, -0.15) is 5.26 Å². The van der Waals surface area contributed by atoms with Crippen LogP contribution in [0.4, 0.5) is 0 Å². The largest absolute Gasteiger partial charge is 0.368 e.